The van der Waals surface area contributed by atoms with Crippen molar-refractivity contribution in [2.75, 3.05) is 5.73 Å². The first kappa shape index (κ1) is 14.0. The van der Waals surface area contributed by atoms with Crippen LogP contribution in [0.5, 0.6) is 0 Å². The van der Waals surface area contributed by atoms with Gasteiger partial charge in [0.2, 0.25) is 0 Å². The molecule has 3 nitrogen and oxygen atoms in total. The predicted molar refractivity (Wildman–Crippen MR) is 82.5 cm³/mol. The number of aromatic nitrogens is 2. The first-order chi connectivity index (χ1) is 9.01. The van der Waals surface area contributed by atoms with Crippen LogP contribution in [0.4, 0.5) is 5.69 Å². The Morgan fingerprint density at radius 3 is 2.37 bits per heavy atom. The summed E-state index contributed by atoms with van der Waals surface area (Å²) in [6, 6.07) is 6.66. The number of hydrogen-bond donors (Lipinski definition) is 1. The van der Waals surface area contributed by atoms with Crippen molar-refractivity contribution in [3.8, 4) is 0 Å². The molecule has 19 heavy (non-hydrogen) atoms. The van der Waals surface area contributed by atoms with E-state index >= 15 is 0 Å². The number of nitrogens with two attached hydrogens (primary N) is 1. The highest BCUT2D eigenvalue weighted by molar-refractivity contribution is 7.98. The molecule has 1 aromatic heterocycles. The summed E-state index contributed by atoms with van der Waals surface area (Å²) in [4.78, 5) is 0. The summed E-state index contributed by atoms with van der Waals surface area (Å²) in [5.74, 6) is 0.928. The zero-order valence-corrected chi connectivity index (χ0v) is 12.8. The average molecular weight is 275 g/mol. The van der Waals surface area contributed by atoms with Crippen LogP contribution in [-0.4, -0.2) is 9.78 Å². The van der Waals surface area contributed by atoms with Crippen molar-refractivity contribution in [3.63, 3.8) is 0 Å². The van der Waals surface area contributed by atoms with E-state index in [-0.39, 0.29) is 0 Å². The third-order valence-electron chi connectivity index (χ3n) is 3.08. The van der Waals surface area contributed by atoms with Gasteiger partial charge in [0.1, 0.15) is 5.03 Å². The van der Waals surface area contributed by atoms with Gasteiger partial charge in [-0.2, -0.15) is 5.10 Å². The number of rotatable bonds is 4. The van der Waals surface area contributed by atoms with Gasteiger partial charge in [0.15, 0.2) is 0 Å². The van der Waals surface area contributed by atoms with E-state index in [0.717, 1.165) is 28.7 Å². The fourth-order valence-corrected chi connectivity index (χ4v) is 3.34. The molecular formula is C15H21N3S. The van der Waals surface area contributed by atoms with Crippen LogP contribution >= 0.6 is 11.8 Å². The molecule has 1 aromatic carbocycles. The van der Waals surface area contributed by atoms with Crippen LogP contribution in [0.15, 0.2) is 23.2 Å². The summed E-state index contributed by atoms with van der Waals surface area (Å²) in [5, 5.41) is 5.53. The molecule has 0 aliphatic heterocycles. The second kappa shape index (κ2) is 5.70. The van der Waals surface area contributed by atoms with Gasteiger partial charge in [-0.1, -0.05) is 41.1 Å². The first-order valence-electron chi connectivity index (χ1n) is 6.54. The molecule has 4 heteroatoms. The molecule has 102 valence electrons. The molecule has 2 aromatic rings. The third-order valence-corrected chi connectivity index (χ3v) is 4.26. The lowest BCUT2D eigenvalue weighted by atomic mass is 10.1. The van der Waals surface area contributed by atoms with E-state index in [1.807, 2.05) is 11.6 Å². The Kier molecular flexibility index (Phi) is 4.20. The summed E-state index contributed by atoms with van der Waals surface area (Å²) >= 11 is 1.77. The molecule has 0 saturated carbocycles. The van der Waals surface area contributed by atoms with E-state index in [1.54, 1.807) is 11.8 Å². The Hall–Kier alpha value is -1.42. The van der Waals surface area contributed by atoms with Crippen LogP contribution in [0.25, 0.3) is 0 Å². The van der Waals surface area contributed by atoms with Crippen LogP contribution in [-0.2, 0) is 12.3 Å². The van der Waals surface area contributed by atoms with Crippen molar-refractivity contribution in [2.45, 2.75) is 45.0 Å². The number of nitrogen functional groups attached to an aromatic ring is 1. The van der Waals surface area contributed by atoms with Gasteiger partial charge in [0, 0.05) is 12.3 Å². The number of hydrogen-bond acceptors (Lipinski definition) is 3. The zero-order valence-electron chi connectivity index (χ0n) is 12.0. The van der Waals surface area contributed by atoms with Crippen LogP contribution in [0.3, 0.4) is 0 Å². The molecule has 0 radical (unpaired) electrons. The average Bonchev–Trinajstić information content (AvgIpc) is 2.62. The highest BCUT2D eigenvalue weighted by Gasteiger charge is 2.12. The van der Waals surface area contributed by atoms with Crippen molar-refractivity contribution in [3.05, 3.63) is 40.6 Å². The second-order valence-electron chi connectivity index (χ2n) is 4.90. The smallest absolute Gasteiger partial charge is 0.118 e. The largest absolute Gasteiger partial charge is 0.395 e. The van der Waals surface area contributed by atoms with E-state index in [4.69, 9.17) is 5.73 Å². The molecule has 2 N–H and O–H groups in total. The van der Waals surface area contributed by atoms with Crippen molar-refractivity contribution in [1.29, 1.82) is 0 Å². The van der Waals surface area contributed by atoms with Crippen molar-refractivity contribution >= 4 is 17.4 Å². The van der Waals surface area contributed by atoms with Crippen molar-refractivity contribution < 1.29 is 0 Å². The van der Waals surface area contributed by atoms with E-state index in [0.29, 0.717) is 0 Å². The minimum Gasteiger partial charge on any atom is -0.395 e. The Morgan fingerprint density at radius 1 is 1.16 bits per heavy atom. The normalized spacial score (nSPS) is 10.9. The van der Waals surface area contributed by atoms with E-state index < -0.39 is 0 Å². The molecule has 1 heterocycles. The fraction of sp³-hybridized carbons (Fsp3) is 0.400. The molecule has 0 saturated heterocycles. The summed E-state index contributed by atoms with van der Waals surface area (Å²) in [6.07, 6.45) is 0. The van der Waals surface area contributed by atoms with Gasteiger partial charge in [-0.15, -0.1) is 0 Å². The molecule has 0 bridgehead atoms. The Balaban J connectivity index is 2.18. The van der Waals surface area contributed by atoms with Gasteiger partial charge in [-0.25, -0.2) is 0 Å². The maximum absolute atomic E-state index is 6.10. The second-order valence-corrected chi connectivity index (χ2v) is 5.87. The minimum atomic E-state index is 0.816. The van der Waals surface area contributed by atoms with Gasteiger partial charge < -0.3 is 5.73 Å². The molecule has 0 spiro atoms. The predicted octanol–water partition coefficient (Wildman–Crippen LogP) is 3.70. The molecule has 0 fully saturated rings. The summed E-state index contributed by atoms with van der Waals surface area (Å²) in [5.41, 5.74) is 11.8. The standard InChI is InChI=1S/C15H21N3S/c1-5-18-15(14(16)12(4)17-18)19-9-13-7-10(2)6-11(3)8-13/h6-8H,5,9,16H2,1-4H3. The molecule has 0 aliphatic carbocycles. The number of aryl methyl sites for hydroxylation is 4. The monoisotopic (exact) mass is 275 g/mol. The summed E-state index contributed by atoms with van der Waals surface area (Å²) in [6.45, 7) is 9.17. The number of anilines is 1. The van der Waals surface area contributed by atoms with Gasteiger partial charge in [0.25, 0.3) is 0 Å². The zero-order chi connectivity index (χ0) is 14.0. The van der Waals surface area contributed by atoms with Crippen molar-refractivity contribution in [2.24, 2.45) is 0 Å². The highest BCUT2D eigenvalue weighted by atomic mass is 32.2. The quantitative estimate of drug-likeness (QED) is 0.865. The van der Waals surface area contributed by atoms with Gasteiger partial charge in [-0.05, 0) is 33.3 Å². The fourth-order valence-electron chi connectivity index (χ4n) is 2.24. The van der Waals surface area contributed by atoms with Crippen LogP contribution < -0.4 is 5.73 Å². The van der Waals surface area contributed by atoms with Crippen molar-refractivity contribution in [1.82, 2.24) is 9.78 Å². The maximum atomic E-state index is 6.10. The number of nitrogens with zero attached hydrogens (tertiary/aromatic N) is 2. The molecule has 0 aliphatic rings. The number of thioether (sulfide) groups is 1. The Bertz CT molecular complexity index is 567. The molecule has 0 amide bonds. The molecule has 2 rings (SSSR count). The lowest BCUT2D eigenvalue weighted by Crippen LogP contribution is -1.99. The third kappa shape index (κ3) is 3.13. The van der Waals surface area contributed by atoms with Crippen LogP contribution in [0.1, 0.15) is 29.3 Å². The van der Waals surface area contributed by atoms with E-state index in [1.165, 1.54) is 16.7 Å². The Labute approximate surface area is 119 Å². The first-order valence-corrected chi connectivity index (χ1v) is 7.52. The lowest BCUT2D eigenvalue weighted by Gasteiger charge is -2.07. The molecule has 0 unspecified atom stereocenters. The van der Waals surface area contributed by atoms with Gasteiger partial charge in [-0.3, -0.25) is 4.68 Å². The van der Waals surface area contributed by atoms with Gasteiger partial charge in [0.05, 0.1) is 11.4 Å². The molecular weight excluding hydrogens is 254 g/mol. The van der Waals surface area contributed by atoms with Gasteiger partial charge >= 0.3 is 0 Å². The Morgan fingerprint density at radius 2 is 1.79 bits per heavy atom. The maximum Gasteiger partial charge on any atom is 0.118 e. The minimum absolute atomic E-state index is 0.816. The van der Waals surface area contributed by atoms with Crippen LogP contribution in [0.2, 0.25) is 0 Å². The lowest BCUT2D eigenvalue weighted by molar-refractivity contribution is 0.602. The molecule has 0 atom stereocenters. The highest BCUT2D eigenvalue weighted by Crippen LogP contribution is 2.30. The van der Waals surface area contributed by atoms with Crippen LogP contribution in [0, 0.1) is 20.8 Å². The SMILES string of the molecule is CCn1nc(C)c(N)c1SCc1cc(C)cc(C)c1. The van der Waals surface area contributed by atoms with E-state index in [2.05, 4.69) is 44.1 Å². The van der Waals surface area contributed by atoms with E-state index in [9.17, 15) is 0 Å². The number of benzene rings is 1. The summed E-state index contributed by atoms with van der Waals surface area (Å²) < 4.78 is 1.98. The topological polar surface area (TPSA) is 43.8 Å². The summed E-state index contributed by atoms with van der Waals surface area (Å²) in [7, 11) is 0.